The molecule has 7 heteroatoms. The van der Waals surface area contributed by atoms with Gasteiger partial charge >= 0.3 is 6.03 Å². The van der Waals surface area contributed by atoms with Gasteiger partial charge in [0.15, 0.2) is 0 Å². The molecule has 0 saturated carbocycles. The molecule has 142 valence electrons. The highest BCUT2D eigenvalue weighted by molar-refractivity contribution is 5.92. The number of para-hydroxylation sites is 1. The number of nitrogens with zero attached hydrogens (tertiary/aromatic N) is 2. The average molecular weight is 375 g/mol. The molecule has 4 N–H and O–H groups in total. The Bertz CT molecular complexity index is 978. The maximum absolute atomic E-state index is 12.2. The summed E-state index contributed by atoms with van der Waals surface area (Å²) in [5.41, 5.74) is 8.38. The van der Waals surface area contributed by atoms with Gasteiger partial charge in [-0.15, -0.1) is 0 Å². The van der Waals surface area contributed by atoms with Crippen molar-refractivity contribution >= 4 is 23.7 Å². The van der Waals surface area contributed by atoms with Crippen LogP contribution in [0.3, 0.4) is 0 Å². The molecule has 0 fully saturated rings. The molecule has 0 aliphatic heterocycles. The summed E-state index contributed by atoms with van der Waals surface area (Å²) in [6, 6.07) is 16.1. The maximum Gasteiger partial charge on any atom is 0.316 e. The predicted octanol–water partition coefficient (Wildman–Crippen LogP) is 3.25. The zero-order chi connectivity index (χ0) is 19.9. The van der Waals surface area contributed by atoms with Crippen LogP contribution in [0.15, 0.2) is 73.1 Å². The summed E-state index contributed by atoms with van der Waals surface area (Å²) in [5, 5.41) is 9.69. The lowest BCUT2D eigenvalue weighted by molar-refractivity contribution is -0.117. The van der Waals surface area contributed by atoms with Crippen molar-refractivity contribution in [3.05, 3.63) is 84.2 Å². The normalized spacial score (nSPS) is 11.9. The van der Waals surface area contributed by atoms with Gasteiger partial charge in [-0.3, -0.25) is 4.79 Å². The molecule has 7 nitrogen and oxygen atoms in total. The van der Waals surface area contributed by atoms with Crippen LogP contribution in [0.4, 0.5) is 10.5 Å². The molecule has 0 saturated heterocycles. The first kappa shape index (κ1) is 18.9. The molecule has 0 aliphatic rings. The number of rotatable bonds is 6. The topological polar surface area (TPSA) is 102 Å². The van der Waals surface area contributed by atoms with E-state index in [-0.39, 0.29) is 11.9 Å². The minimum absolute atomic E-state index is 0.188. The summed E-state index contributed by atoms with van der Waals surface area (Å²) < 4.78 is 1.75. The summed E-state index contributed by atoms with van der Waals surface area (Å²) in [4.78, 5) is 23.0. The Balaban J connectivity index is 1.57. The fraction of sp³-hybridized carbons (Fsp3) is 0.0952. The molecule has 1 heterocycles. The van der Waals surface area contributed by atoms with Crippen molar-refractivity contribution in [3.8, 4) is 5.69 Å². The molecule has 2 aromatic carbocycles. The first-order valence-corrected chi connectivity index (χ1v) is 8.76. The second-order valence-corrected chi connectivity index (χ2v) is 6.23. The molecule has 0 radical (unpaired) electrons. The van der Waals surface area contributed by atoms with Gasteiger partial charge in [0.2, 0.25) is 5.91 Å². The van der Waals surface area contributed by atoms with Crippen molar-refractivity contribution in [2.75, 3.05) is 5.32 Å². The van der Waals surface area contributed by atoms with E-state index < -0.39 is 6.03 Å². The van der Waals surface area contributed by atoms with Crippen LogP contribution in [0, 0.1) is 0 Å². The number of carbonyl (C=O) groups is 2. The van der Waals surface area contributed by atoms with Crippen molar-refractivity contribution in [1.82, 2.24) is 15.1 Å². The maximum atomic E-state index is 12.2. The number of hydrogen-bond donors (Lipinski definition) is 3. The van der Waals surface area contributed by atoms with Crippen molar-refractivity contribution < 1.29 is 9.59 Å². The Morgan fingerprint density at radius 1 is 1.11 bits per heavy atom. The zero-order valence-electron chi connectivity index (χ0n) is 15.4. The number of primary amides is 1. The second kappa shape index (κ2) is 8.68. The monoisotopic (exact) mass is 375 g/mol. The number of nitrogens with two attached hydrogens (primary N) is 1. The smallest absolute Gasteiger partial charge is 0.316 e. The van der Waals surface area contributed by atoms with Gasteiger partial charge in [0.1, 0.15) is 0 Å². The van der Waals surface area contributed by atoms with Crippen molar-refractivity contribution in [2.24, 2.45) is 5.73 Å². The van der Waals surface area contributed by atoms with Gasteiger partial charge in [0.05, 0.1) is 17.9 Å². The lowest BCUT2D eigenvalue weighted by Crippen LogP contribution is -2.24. The quantitative estimate of drug-likeness (QED) is 0.576. The molecule has 0 bridgehead atoms. The van der Waals surface area contributed by atoms with Crippen LogP contribution in [0.5, 0.6) is 0 Å². The molecule has 1 atom stereocenters. The van der Waals surface area contributed by atoms with Gasteiger partial charge in [-0.1, -0.05) is 30.3 Å². The highest BCUT2D eigenvalue weighted by Crippen LogP contribution is 2.16. The van der Waals surface area contributed by atoms with Gasteiger partial charge < -0.3 is 16.4 Å². The molecular weight excluding hydrogens is 354 g/mol. The van der Waals surface area contributed by atoms with Gasteiger partial charge in [0, 0.05) is 23.5 Å². The number of nitrogens with one attached hydrogen (secondary N) is 2. The average Bonchev–Trinajstić information content (AvgIpc) is 3.16. The van der Waals surface area contributed by atoms with Crippen LogP contribution in [-0.2, 0) is 4.79 Å². The van der Waals surface area contributed by atoms with Crippen LogP contribution in [0.1, 0.15) is 24.1 Å². The lowest BCUT2D eigenvalue weighted by Gasteiger charge is -2.13. The molecule has 1 aromatic heterocycles. The third kappa shape index (κ3) is 5.07. The van der Waals surface area contributed by atoms with Gasteiger partial charge in [-0.05, 0) is 42.8 Å². The van der Waals surface area contributed by atoms with E-state index in [1.165, 1.54) is 6.08 Å². The number of anilines is 1. The van der Waals surface area contributed by atoms with E-state index >= 15 is 0 Å². The number of benzene rings is 2. The summed E-state index contributed by atoms with van der Waals surface area (Å²) in [5.74, 6) is -0.209. The van der Waals surface area contributed by atoms with E-state index in [1.54, 1.807) is 29.1 Å². The van der Waals surface area contributed by atoms with Gasteiger partial charge in [-0.25, -0.2) is 9.48 Å². The highest BCUT2D eigenvalue weighted by atomic mass is 16.2. The molecule has 0 spiro atoms. The standard InChI is InChI=1S/C21H21N5O2/c1-15(17-8-10-18(11-9-17)25-21(22)28)24-20(27)12-7-16-13-23-26(14-16)19-5-3-2-4-6-19/h2-15H,1H3,(H,24,27)(H3,22,25,28). The molecule has 1 unspecified atom stereocenters. The first-order valence-electron chi connectivity index (χ1n) is 8.76. The SMILES string of the molecule is CC(NC(=O)C=Cc1cnn(-c2ccccc2)c1)c1ccc(NC(N)=O)cc1. The molecule has 3 rings (SSSR count). The Morgan fingerprint density at radius 3 is 2.50 bits per heavy atom. The van der Waals surface area contributed by atoms with Crippen molar-refractivity contribution in [2.45, 2.75) is 13.0 Å². The Morgan fingerprint density at radius 2 is 1.82 bits per heavy atom. The molecule has 3 amide bonds. The van der Waals surface area contributed by atoms with Crippen LogP contribution in [0.2, 0.25) is 0 Å². The van der Waals surface area contributed by atoms with Crippen LogP contribution in [-0.4, -0.2) is 21.7 Å². The Kier molecular flexibility index (Phi) is 5.86. The minimum atomic E-state index is -0.616. The zero-order valence-corrected chi connectivity index (χ0v) is 15.4. The molecule has 28 heavy (non-hydrogen) atoms. The van der Waals surface area contributed by atoms with E-state index in [4.69, 9.17) is 5.73 Å². The van der Waals surface area contributed by atoms with Crippen LogP contribution in [0.25, 0.3) is 11.8 Å². The first-order chi connectivity index (χ1) is 13.5. The Labute approximate surface area is 162 Å². The number of hydrogen-bond acceptors (Lipinski definition) is 3. The van der Waals surface area contributed by atoms with Crippen molar-refractivity contribution in [3.63, 3.8) is 0 Å². The third-order valence-corrected chi connectivity index (χ3v) is 4.09. The Hall–Kier alpha value is -3.87. The lowest BCUT2D eigenvalue weighted by atomic mass is 10.1. The number of urea groups is 1. The summed E-state index contributed by atoms with van der Waals surface area (Å²) in [6.07, 6.45) is 6.75. The van der Waals surface area contributed by atoms with E-state index in [0.29, 0.717) is 5.69 Å². The van der Waals surface area contributed by atoms with E-state index in [9.17, 15) is 9.59 Å². The summed E-state index contributed by atoms with van der Waals surface area (Å²) >= 11 is 0. The van der Waals surface area contributed by atoms with E-state index in [0.717, 1.165) is 16.8 Å². The highest BCUT2D eigenvalue weighted by Gasteiger charge is 2.08. The summed E-state index contributed by atoms with van der Waals surface area (Å²) in [6.45, 7) is 1.88. The number of amides is 3. The summed E-state index contributed by atoms with van der Waals surface area (Å²) in [7, 11) is 0. The second-order valence-electron chi connectivity index (χ2n) is 6.23. The van der Waals surface area contributed by atoms with Crippen LogP contribution < -0.4 is 16.4 Å². The van der Waals surface area contributed by atoms with Crippen molar-refractivity contribution in [1.29, 1.82) is 0 Å². The van der Waals surface area contributed by atoms with Gasteiger partial charge in [0.25, 0.3) is 0 Å². The van der Waals surface area contributed by atoms with E-state index in [2.05, 4.69) is 15.7 Å². The molecule has 3 aromatic rings. The minimum Gasteiger partial charge on any atom is -0.351 e. The molecular formula is C21H21N5O2. The molecule has 0 aliphatic carbocycles. The van der Waals surface area contributed by atoms with Gasteiger partial charge in [-0.2, -0.15) is 5.10 Å². The fourth-order valence-electron chi connectivity index (χ4n) is 2.66. The predicted molar refractivity (Wildman–Crippen MR) is 109 cm³/mol. The fourth-order valence-corrected chi connectivity index (χ4v) is 2.66. The largest absolute Gasteiger partial charge is 0.351 e. The third-order valence-electron chi connectivity index (χ3n) is 4.09. The van der Waals surface area contributed by atoms with Crippen LogP contribution >= 0.6 is 0 Å². The number of carbonyl (C=O) groups excluding carboxylic acids is 2. The number of aromatic nitrogens is 2. The van der Waals surface area contributed by atoms with E-state index in [1.807, 2.05) is 55.6 Å².